The van der Waals surface area contributed by atoms with Gasteiger partial charge in [0.25, 0.3) is 5.89 Å². The molecule has 0 unspecified atom stereocenters. The Kier molecular flexibility index (Phi) is 4.88. The minimum atomic E-state index is 0.167. The summed E-state index contributed by atoms with van der Waals surface area (Å²) < 4.78 is 16.0. The van der Waals surface area contributed by atoms with Gasteiger partial charge in [0.2, 0.25) is 5.88 Å². The second kappa shape index (κ2) is 7.06. The van der Waals surface area contributed by atoms with Gasteiger partial charge in [0.05, 0.1) is 12.2 Å². The van der Waals surface area contributed by atoms with Crippen molar-refractivity contribution < 1.29 is 14.0 Å². The molecule has 0 spiro atoms. The van der Waals surface area contributed by atoms with Gasteiger partial charge in [-0.15, -0.1) is 0 Å². The molecule has 0 amide bonds. The number of methoxy groups -OCH3 is 1. The summed E-state index contributed by atoms with van der Waals surface area (Å²) in [6.45, 7) is 5.30. The Bertz CT molecular complexity index is 621. The van der Waals surface area contributed by atoms with E-state index in [1.807, 2.05) is 12.1 Å². The predicted molar refractivity (Wildman–Crippen MR) is 83.9 cm³/mol. The Morgan fingerprint density at radius 3 is 3.00 bits per heavy atom. The number of piperidine rings is 1. The molecular formula is C16H22N4O3. The van der Waals surface area contributed by atoms with E-state index < -0.39 is 0 Å². The van der Waals surface area contributed by atoms with Crippen LogP contribution in [0.4, 0.5) is 0 Å². The minimum absolute atomic E-state index is 0.167. The van der Waals surface area contributed by atoms with Crippen LogP contribution in [0, 0.1) is 5.41 Å². The predicted octanol–water partition coefficient (Wildman–Crippen LogP) is 2.05. The Morgan fingerprint density at radius 1 is 1.39 bits per heavy atom. The molecule has 1 fully saturated rings. The molecule has 0 aromatic carbocycles. The molecule has 2 aromatic heterocycles. The first-order valence-electron chi connectivity index (χ1n) is 7.80. The Morgan fingerprint density at radius 2 is 2.30 bits per heavy atom. The van der Waals surface area contributed by atoms with E-state index in [2.05, 4.69) is 27.4 Å². The zero-order valence-electron chi connectivity index (χ0n) is 13.5. The van der Waals surface area contributed by atoms with Gasteiger partial charge >= 0.3 is 0 Å². The first-order chi connectivity index (χ1) is 11.2. The van der Waals surface area contributed by atoms with E-state index in [1.165, 1.54) is 12.8 Å². The highest BCUT2D eigenvalue weighted by atomic mass is 16.5. The molecule has 0 aliphatic carbocycles. The van der Waals surface area contributed by atoms with Gasteiger partial charge in [0, 0.05) is 31.3 Å². The van der Waals surface area contributed by atoms with Gasteiger partial charge in [-0.3, -0.25) is 0 Å². The van der Waals surface area contributed by atoms with Gasteiger partial charge in [0.1, 0.15) is 6.61 Å². The average Bonchev–Trinajstić information content (AvgIpc) is 3.03. The van der Waals surface area contributed by atoms with E-state index in [9.17, 15) is 0 Å². The van der Waals surface area contributed by atoms with E-state index in [0.29, 0.717) is 30.8 Å². The maximum absolute atomic E-state index is 5.85. The summed E-state index contributed by atoms with van der Waals surface area (Å²) in [7, 11) is 1.59. The second-order valence-corrected chi connectivity index (χ2v) is 6.21. The third kappa shape index (κ3) is 4.05. The van der Waals surface area contributed by atoms with Crippen LogP contribution in [0.25, 0.3) is 11.5 Å². The van der Waals surface area contributed by atoms with Crippen LogP contribution in [-0.4, -0.2) is 41.9 Å². The molecule has 0 bridgehead atoms. The molecule has 7 nitrogen and oxygen atoms in total. The molecule has 0 saturated carbocycles. The lowest BCUT2D eigenvalue weighted by molar-refractivity contribution is 0.125. The Balaban J connectivity index is 1.60. The summed E-state index contributed by atoms with van der Waals surface area (Å²) in [5.41, 5.74) is 0.929. The third-order valence-corrected chi connectivity index (χ3v) is 3.98. The molecule has 1 aliphatic rings. The van der Waals surface area contributed by atoms with Crippen molar-refractivity contribution in [1.29, 1.82) is 0 Å². The minimum Gasteiger partial charge on any atom is -0.477 e. The van der Waals surface area contributed by atoms with Crippen molar-refractivity contribution in [2.24, 2.45) is 5.41 Å². The molecule has 7 heteroatoms. The van der Waals surface area contributed by atoms with Gasteiger partial charge in [-0.1, -0.05) is 12.1 Å². The average molecular weight is 318 g/mol. The van der Waals surface area contributed by atoms with Crippen LogP contribution in [0.1, 0.15) is 25.6 Å². The fourth-order valence-corrected chi connectivity index (χ4v) is 2.64. The number of nitrogens with zero attached hydrogens (tertiary/aromatic N) is 3. The summed E-state index contributed by atoms with van der Waals surface area (Å²) in [6, 6.07) is 3.70. The normalized spacial score (nSPS) is 21.3. The van der Waals surface area contributed by atoms with Crippen molar-refractivity contribution >= 4 is 0 Å². The first kappa shape index (κ1) is 15.9. The maximum atomic E-state index is 5.85. The van der Waals surface area contributed by atoms with Crippen LogP contribution in [0.5, 0.6) is 5.88 Å². The molecule has 1 N–H and O–H groups in total. The van der Waals surface area contributed by atoms with E-state index in [0.717, 1.165) is 18.7 Å². The van der Waals surface area contributed by atoms with E-state index >= 15 is 0 Å². The molecule has 1 aliphatic heterocycles. The van der Waals surface area contributed by atoms with Crippen LogP contribution in [0.3, 0.4) is 0 Å². The molecule has 1 atom stereocenters. The fraction of sp³-hybridized carbons (Fsp3) is 0.562. The second-order valence-electron chi connectivity index (χ2n) is 6.21. The number of ether oxygens (including phenoxy) is 2. The largest absolute Gasteiger partial charge is 0.477 e. The standard InChI is InChI=1S/C16H22N4O3/c1-16(6-3-7-17-10-16)11-22-14-5-4-12(8-18-14)15-19-13(9-21-2)20-23-15/h4-5,8,17H,3,6-7,9-11H2,1-2H3/t16-/m1/s1. The summed E-state index contributed by atoms with van der Waals surface area (Å²) in [5.74, 6) is 1.55. The van der Waals surface area contributed by atoms with Crippen LogP contribution in [-0.2, 0) is 11.3 Å². The smallest absolute Gasteiger partial charge is 0.259 e. The lowest BCUT2D eigenvalue weighted by Gasteiger charge is -2.33. The molecule has 1 saturated heterocycles. The zero-order chi connectivity index (χ0) is 16.1. The SMILES string of the molecule is COCc1noc(-c2ccc(OC[C@]3(C)CCCNC3)nc2)n1. The Labute approximate surface area is 135 Å². The summed E-state index contributed by atoms with van der Waals surface area (Å²) in [6.07, 6.45) is 4.04. The van der Waals surface area contributed by atoms with E-state index in [4.69, 9.17) is 14.0 Å². The van der Waals surface area contributed by atoms with Crippen LogP contribution in [0.2, 0.25) is 0 Å². The van der Waals surface area contributed by atoms with Crippen molar-refractivity contribution in [2.75, 3.05) is 26.8 Å². The highest BCUT2D eigenvalue weighted by molar-refractivity contribution is 5.51. The van der Waals surface area contributed by atoms with Crippen molar-refractivity contribution in [3.8, 4) is 17.3 Å². The zero-order valence-corrected chi connectivity index (χ0v) is 13.5. The number of rotatable bonds is 6. The lowest BCUT2D eigenvalue weighted by Crippen LogP contribution is -2.41. The van der Waals surface area contributed by atoms with Gasteiger partial charge in [-0.05, 0) is 25.5 Å². The monoisotopic (exact) mass is 318 g/mol. The van der Waals surface area contributed by atoms with Crippen LogP contribution >= 0.6 is 0 Å². The number of hydrogen-bond acceptors (Lipinski definition) is 7. The van der Waals surface area contributed by atoms with Crippen LogP contribution < -0.4 is 10.1 Å². The Hall–Kier alpha value is -1.99. The molecular weight excluding hydrogens is 296 g/mol. The molecule has 0 radical (unpaired) electrons. The van der Waals surface area contributed by atoms with Gasteiger partial charge in [-0.25, -0.2) is 4.98 Å². The lowest BCUT2D eigenvalue weighted by atomic mass is 9.84. The van der Waals surface area contributed by atoms with E-state index in [1.54, 1.807) is 13.3 Å². The van der Waals surface area contributed by atoms with E-state index in [-0.39, 0.29) is 5.41 Å². The molecule has 2 aromatic rings. The van der Waals surface area contributed by atoms with Crippen molar-refractivity contribution in [2.45, 2.75) is 26.4 Å². The molecule has 3 rings (SSSR count). The van der Waals surface area contributed by atoms with Crippen molar-refractivity contribution in [3.05, 3.63) is 24.2 Å². The van der Waals surface area contributed by atoms with Crippen molar-refractivity contribution in [1.82, 2.24) is 20.4 Å². The van der Waals surface area contributed by atoms with Crippen LogP contribution in [0.15, 0.2) is 22.9 Å². The number of nitrogens with one attached hydrogen (secondary N) is 1. The highest BCUT2D eigenvalue weighted by Gasteiger charge is 2.27. The highest BCUT2D eigenvalue weighted by Crippen LogP contribution is 2.26. The number of pyridine rings is 1. The summed E-state index contributed by atoms with van der Waals surface area (Å²) >= 11 is 0. The van der Waals surface area contributed by atoms with Gasteiger partial charge in [-0.2, -0.15) is 4.98 Å². The first-order valence-corrected chi connectivity index (χ1v) is 7.80. The number of aromatic nitrogens is 3. The molecule has 23 heavy (non-hydrogen) atoms. The topological polar surface area (TPSA) is 82.3 Å². The summed E-state index contributed by atoms with van der Waals surface area (Å²) in [5, 5.41) is 7.25. The quantitative estimate of drug-likeness (QED) is 0.872. The molecule has 124 valence electrons. The maximum Gasteiger partial charge on any atom is 0.259 e. The van der Waals surface area contributed by atoms with Gasteiger partial charge in [0.15, 0.2) is 5.82 Å². The van der Waals surface area contributed by atoms with Crippen molar-refractivity contribution in [3.63, 3.8) is 0 Å². The summed E-state index contributed by atoms with van der Waals surface area (Å²) in [4.78, 5) is 8.56. The molecule has 3 heterocycles. The van der Waals surface area contributed by atoms with Gasteiger partial charge < -0.3 is 19.3 Å². The third-order valence-electron chi connectivity index (χ3n) is 3.98. The fourth-order valence-electron chi connectivity index (χ4n) is 2.64. The number of hydrogen-bond donors (Lipinski definition) is 1.